The third-order valence-electron chi connectivity index (χ3n) is 3.47. The zero-order chi connectivity index (χ0) is 14.5. The second-order valence-corrected chi connectivity index (χ2v) is 6.21. The van der Waals surface area contributed by atoms with Gasteiger partial charge in [-0.05, 0) is 18.4 Å². The smallest absolute Gasteiger partial charge is 0.243 e. The lowest BCUT2D eigenvalue weighted by molar-refractivity contribution is 0.0677. The first kappa shape index (κ1) is 14.6. The normalized spacial score (nSPS) is 20.3. The van der Waals surface area contributed by atoms with Crippen LogP contribution in [0.1, 0.15) is 35.8 Å². The van der Waals surface area contributed by atoms with Crippen LogP contribution in [0.25, 0.3) is 0 Å². The van der Waals surface area contributed by atoms with Gasteiger partial charge in [0.2, 0.25) is 11.7 Å². The zero-order valence-electron chi connectivity index (χ0n) is 11.8. The van der Waals surface area contributed by atoms with Crippen molar-refractivity contribution in [3.05, 3.63) is 47.6 Å². The molecule has 1 aliphatic heterocycles. The second-order valence-electron chi connectivity index (χ2n) is 5.06. The lowest BCUT2D eigenvalue weighted by Gasteiger charge is -2.18. The molecule has 5 nitrogen and oxygen atoms in total. The first-order chi connectivity index (χ1) is 10.3. The van der Waals surface area contributed by atoms with Crippen molar-refractivity contribution in [3.63, 3.8) is 0 Å². The molecule has 2 heterocycles. The maximum Gasteiger partial charge on any atom is 0.243 e. The van der Waals surface area contributed by atoms with Gasteiger partial charge in [0.15, 0.2) is 0 Å². The number of benzene rings is 1. The Morgan fingerprint density at radius 2 is 2.19 bits per heavy atom. The molecule has 1 fully saturated rings. The van der Waals surface area contributed by atoms with E-state index in [9.17, 15) is 0 Å². The molecule has 1 unspecified atom stereocenters. The molecule has 0 aliphatic carbocycles. The Labute approximate surface area is 128 Å². The lowest BCUT2D eigenvalue weighted by atomic mass is 10.1. The van der Waals surface area contributed by atoms with E-state index in [1.165, 1.54) is 5.56 Å². The second kappa shape index (κ2) is 7.06. The number of hydrogen-bond donors (Lipinski definition) is 1. The van der Waals surface area contributed by atoms with E-state index in [0.717, 1.165) is 31.0 Å². The van der Waals surface area contributed by atoms with Crippen LogP contribution in [0.2, 0.25) is 0 Å². The van der Waals surface area contributed by atoms with Gasteiger partial charge in [0, 0.05) is 11.5 Å². The maximum atomic E-state index is 6.14. The van der Waals surface area contributed by atoms with Crippen molar-refractivity contribution in [3.8, 4) is 0 Å². The number of thioether (sulfide) groups is 1. The van der Waals surface area contributed by atoms with Gasteiger partial charge < -0.3 is 15.0 Å². The Balaban J connectivity index is 1.57. The Morgan fingerprint density at radius 3 is 2.95 bits per heavy atom. The van der Waals surface area contributed by atoms with E-state index in [1.807, 2.05) is 30.0 Å². The molecule has 1 aromatic carbocycles. The summed E-state index contributed by atoms with van der Waals surface area (Å²) >= 11 is 1.85. The van der Waals surface area contributed by atoms with E-state index in [4.69, 9.17) is 15.0 Å². The SMILES string of the molecule is N[C@@H](CCc1ccccc1)c1nc(C2CSCCO2)no1. The number of rotatable bonds is 5. The van der Waals surface area contributed by atoms with E-state index in [-0.39, 0.29) is 12.1 Å². The van der Waals surface area contributed by atoms with Gasteiger partial charge in [-0.1, -0.05) is 35.5 Å². The van der Waals surface area contributed by atoms with Gasteiger partial charge in [0.1, 0.15) is 6.10 Å². The Bertz CT molecular complexity index is 555. The summed E-state index contributed by atoms with van der Waals surface area (Å²) in [6.45, 7) is 0.735. The van der Waals surface area contributed by atoms with Crippen LogP contribution in [0.15, 0.2) is 34.9 Å². The van der Waals surface area contributed by atoms with E-state index >= 15 is 0 Å². The largest absolute Gasteiger partial charge is 0.368 e. The molecule has 0 amide bonds. The Kier molecular flexibility index (Phi) is 4.90. The van der Waals surface area contributed by atoms with Crippen molar-refractivity contribution in [1.82, 2.24) is 10.1 Å². The number of ether oxygens (including phenoxy) is 1. The number of aromatic nitrogens is 2. The average Bonchev–Trinajstić information content (AvgIpc) is 3.04. The first-order valence-electron chi connectivity index (χ1n) is 7.15. The van der Waals surface area contributed by atoms with Gasteiger partial charge in [-0.25, -0.2) is 0 Å². The van der Waals surface area contributed by atoms with Crippen molar-refractivity contribution < 1.29 is 9.26 Å². The van der Waals surface area contributed by atoms with Crippen molar-refractivity contribution in [2.75, 3.05) is 18.1 Å². The zero-order valence-corrected chi connectivity index (χ0v) is 12.6. The highest BCUT2D eigenvalue weighted by Gasteiger charge is 2.23. The molecule has 0 radical (unpaired) electrons. The summed E-state index contributed by atoms with van der Waals surface area (Å²) in [6.07, 6.45) is 1.61. The molecule has 3 rings (SSSR count). The summed E-state index contributed by atoms with van der Waals surface area (Å²) in [7, 11) is 0. The summed E-state index contributed by atoms with van der Waals surface area (Å²) in [5.41, 5.74) is 7.41. The third kappa shape index (κ3) is 3.84. The highest BCUT2D eigenvalue weighted by Crippen LogP contribution is 2.25. The lowest BCUT2D eigenvalue weighted by Crippen LogP contribution is -2.17. The number of aryl methyl sites for hydroxylation is 1. The summed E-state index contributed by atoms with van der Waals surface area (Å²) in [5, 5.41) is 4.01. The van der Waals surface area contributed by atoms with Gasteiger partial charge >= 0.3 is 0 Å². The van der Waals surface area contributed by atoms with Crippen LogP contribution in [-0.2, 0) is 11.2 Å². The molecule has 2 N–H and O–H groups in total. The third-order valence-corrected chi connectivity index (χ3v) is 4.46. The molecular weight excluding hydrogens is 286 g/mol. The molecule has 0 bridgehead atoms. The Hall–Kier alpha value is -1.37. The molecule has 112 valence electrons. The summed E-state index contributed by atoms with van der Waals surface area (Å²) < 4.78 is 10.9. The predicted molar refractivity (Wildman–Crippen MR) is 82.0 cm³/mol. The van der Waals surface area contributed by atoms with Crippen LogP contribution < -0.4 is 5.73 Å². The molecule has 1 aromatic heterocycles. The van der Waals surface area contributed by atoms with Crippen LogP contribution in [0.3, 0.4) is 0 Å². The fourth-order valence-electron chi connectivity index (χ4n) is 2.26. The Morgan fingerprint density at radius 1 is 1.33 bits per heavy atom. The van der Waals surface area contributed by atoms with Crippen molar-refractivity contribution in [1.29, 1.82) is 0 Å². The maximum absolute atomic E-state index is 6.14. The molecule has 21 heavy (non-hydrogen) atoms. The van der Waals surface area contributed by atoms with Crippen LogP contribution in [0.5, 0.6) is 0 Å². The minimum absolute atomic E-state index is 0.0671. The average molecular weight is 305 g/mol. The van der Waals surface area contributed by atoms with Gasteiger partial charge in [-0.15, -0.1) is 0 Å². The number of nitrogens with two attached hydrogens (primary N) is 1. The molecule has 2 aromatic rings. The summed E-state index contributed by atoms with van der Waals surface area (Å²) in [4.78, 5) is 4.41. The van der Waals surface area contributed by atoms with Crippen LogP contribution in [0, 0.1) is 0 Å². The van der Waals surface area contributed by atoms with Gasteiger partial charge in [0.05, 0.1) is 12.6 Å². The minimum Gasteiger partial charge on any atom is -0.368 e. The van der Waals surface area contributed by atoms with Gasteiger partial charge in [-0.3, -0.25) is 0 Å². The van der Waals surface area contributed by atoms with E-state index in [1.54, 1.807) is 0 Å². The topological polar surface area (TPSA) is 74.2 Å². The fraction of sp³-hybridized carbons (Fsp3) is 0.467. The minimum atomic E-state index is -0.234. The molecule has 1 aliphatic rings. The van der Waals surface area contributed by atoms with Crippen molar-refractivity contribution in [2.24, 2.45) is 5.73 Å². The van der Waals surface area contributed by atoms with E-state index < -0.39 is 0 Å². The first-order valence-corrected chi connectivity index (χ1v) is 8.31. The van der Waals surface area contributed by atoms with Crippen LogP contribution in [0.4, 0.5) is 0 Å². The fourth-order valence-corrected chi connectivity index (χ4v) is 3.10. The quantitative estimate of drug-likeness (QED) is 0.915. The predicted octanol–water partition coefficient (Wildman–Crippen LogP) is 2.51. The molecule has 0 spiro atoms. The van der Waals surface area contributed by atoms with E-state index in [2.05, 4.69) is 22.3 Å². The summed E-state index contributed by atoms with van der Waals surface area (Å²) in [6, 6.07) is 10.0. The molecular formula is C15H19N3O2S. The van der Waals surface area contributed by atoms with Gasteiger partial charge in [0.25, 0.3) is 0 Å². The highest BCUT2D eigenvalue weighted by atomic mass is 32.2. The number of hydrogen-bond acceptors (Lipinski definition) is 6. The van der Waals surface area contributed by atoms with Crippen LogP contribution in [-0.4, -0.2) is 28.3 Å². The molecule has 1 saturated heterocycles. The standard InChI is InChI=1S/C15H19N3O2S/c16-12(7-6-11-4-2-1-3-5-11)15-17-14(18-20-15)13-10-21-9-8-19-13/h1-5,12-13H,6-10,16H2/t12-,13?/m0/s1. The molecule has 2 atom stereocenters. The van der Waals surface area contributed by atoms with Crippen molar-refractivity contribution >= 4 is 11.8 Å². The summed E-state index contributed by atoms with van der Waals surface area (Å²) in [5.74, 6) is 3.02. The monoisotopic (exact) mass is 305 g/mol. The van der Waals surface area contributed by atoms with E-state index in [0.29, 0.717) is 11.7 Å². The molecule has 0 saturated carbocycles. The number of nitrogens with zero attached hydrogens (tertiary/aromatic N) is 2. The van der Waals surface area contributed by atoms with Crippen molar-refractivity contribution in [2.45, 2.75) is 25.0 Å². The van der Waals surface area contributed by atoms with Gasteiger partial charge in [-0.2, -0.15) is 16.7 Å². The van der Waals surface area contributed by atoms with Crippen LogP contribution >= 0.6 is 11.8 Å². The highest BCUT2D eigenvalue weighted by molar-refractivity contribution is 7.99. The molecule has 6 heteroatoms.